The van der Waals surface area contributed by atoms with Gasteiger partial charge in [0, 0.05) is 38.7 Å². The zero-order chi connectivity index (χ0) is 16.3. The third kappa shape index (κ3) is 2.86. The van der Waals surface area contributed by atoms with E-state index in [1.807, 2.05) is 37.5 Å². The van der Waals surface area contributed by atoms with Gasteiger partial charge in [0.2, 0.25) is 5.91 Å². The molecule has 0 aliphatic heterocycles. The van der Waals surface area contributed by atoms with Gasteiger partial charge in [-0.05, 0) is 18.1 Å². The first kappa shape index (κ1) is 15.8. The molecule has 5 nitrogen and oxygen atoms in total. The molecule has 0 N–H and O–H groups in total. The average Bonchev–Trinajstić information content (AvgIpc) is 2.89. The topological polar surface area (TPSA) is 61.9 Å². The Balaban J connectivity index is 2.58. The van der Waals surface area contributed by atoms with E-state index in [0.717, 1.165) is 17.5 Å². The first-order chi connectivity index (χ1) is 10.5. The van der Waals surface area contributed by atoms with Gasteiger partial charge in [-0.2, -0.15) is 10.4 Å². The van der Waals surface area contributed by atoms with Gasteiger partial charge in [0.05, 0.1) is 11.6 Å². The number of hydrogen-bond donors (Lipinski definition) is 0. The van der Waals surface area contributed by atoms with E-state index >= 15 is 0 Å². The van der Waals surface area contributed by atoms with E-state index in [4.69, 9.17) is 0 Å². The molecule has 0 saturated carbocycles. The highest BCUT2D eigenvalue weighted by Gasteiger charge is 2.24. The number of nitrogens with zero attached hydrogens (tertiary/aromatic N) is 4. The summed E-state index contributed by atoms with van der Waals surface area (Å²) in [6, 6.07) is 9.84. The summed E-state index contributed by atoms with van der Waals surface area (Å²) in [5.74, 6) is 0.610. The van der Waals surface area contributed by atoms with E-state index in [2.05, 4.69) is 18.1 Å². The third-order valence-corrected chi connectivity index (χ3v) is 3.87. The number of carbonyl (C=O) groups excluding carboxylic acids is 1. The van der Waals surface area contributed by atoms with Crippen LogP contribution in [0.15, 0.2) is 30.5 Å². The van der Waals surface area contributed by atoms with Gasteiger partial charge in [0.1, 0.15) is 0 Å². The zero-order valence-corrected chi connectivity index (χ0v) is 13.4. The Morgan fingerprint density at radius 2 is 2.09 bits per heavy atom. The van der Waals surface area contributed by atoms with Gasteiger partial charge in [0.25, 0.3) is 0 Å². The predicted molar refractivity (Wildman–Crippen MR) is 85.6 cm³/mol. The molecule has 2 aromatic rings. The largest absolute Gasteiger partial charge is 0.298 e. The lowest BCUT2D eigenvalue weighted by Gasteiger charge is -2.20. The van der Waals surface area contributed by atoms with Gasteiger partial charge < -0.3 is 0 Å². The van der Waals surface area contributed by atoms with Crippen LogP contribution in [0.1, 0.15) is 42.9 Å². The minimum absolute atomic E-state index is 0.0290. The van der Waals surface area contributed by atoms with Crippen LogP contribution in [0, 0.1) is 11.3 Å². The molecule has 0 radical (unpaired) electrons. The number of aryl methyl sites for hydroxylation is 1. The molecular weight excluding hydrogens is 276 g/mol. The Hall–Kier alpha value is -2.61. The number of amides is 1. The van der Waals surface area contributed by atoms with Crippen LogP contribution in [-0.2, 0) is 11.8 Å². The molecule has 0 unspecified atom stereocenters. The Morgan fingerprint density at radius 1 is 1.41 bits per heavy atom. The second kappa shape index (κ2) is 6.44. The summed E-state index contributed by atoms with van der Waals surface area (Å²) in [5.41, 5.74) is 2.60. The van der Waals surface area contributed by atoms with Crippen molar-refractivity contribution in [3.63, 3.8) is 0 Å². The molecule has 0 fully saturated rings. The van der Waals surface area contributed by atoms with Crippen molar-refractivity contribution < 1.29 is 4.79 Å². The predicted octanol–water partition coefficient (Wildman–Crippen LogP) is 2.82. The molecule has 1 aromatic carbocycles. The summed E-state index contributed by atoms with van der Waals surface area (Å²) in [6.45, 7) is 3.59. The van der Waals surface area contributed by atoms with Crippen LogP contribution in [0.4, 0.5) is 5.82 Å². The molecule has 0 saturated heterocycles. The number of anilines is 1. The number of aromatic nitrogens is 2. The minimum atomic E-state index is -0.0663. The summed E-state index contributed by atoms with van der Waals surface area (Å²) < 4.78 is 1.71. The molecule has 1 aromatic heterocycles. The Morgan fingerprint density at radius 3 is 2.68 bits per heavy atom. The first-order valence-corrected chi connectivity index (χ1v) is 7.26. The second-order valence-corrected chi connectivity index (χ2v) is 5.32. The Kier molecular flexibility index (Phi) is 4.62. The van der Waals surface area contributed by atoms with Crippen molar-refractivity contribution in [2.24, 2.45) is 7.05 Å². The Labute approximate surface area is 130 Å². The SMILES string of the molecule is CC[C@@H](c1ccccc1C#N)c1cn(C)nc1N(C)C(C)=O. The smallest absolute Gasteiger partial charge is 0.224 e. The molecule has 22 heavy (non-hydrogen) atoms. The monoisotopic (exact) mass is 296 g/mol. The highest BCUT2D eigenvalue weighted by molar-refractivity contribution is 5.90. The molecule has 5 heteroatoms. The molecule has 1 heterocycles. The maximum Gasteiger partial charge on any atom is 0.224 e. The number of nitriles is 1. The summed E-state index contributed by atoms with van der Waals surface area (Å²) in [7, 11) is 3.56. The van der Waals surface area contributed by atoms with E-state index in [-0.39, 0.29) is 11.8 Å². The van der Waals surface area contributed by atoms with Crippen molar-refractivity contribution in [3.8, 4) is 6.07 Å². The van der Waals surface area contributed by atoms with Crippen LogP contribution in [0.25, 0.3) is 0 Å². The molecule has 114 valence electrons. The zero-order valence-electron chi connectivity index (χ0n) is 13.4. The van der Waals surface area contributed by atoms with Crippen molar-refractivity contribution in [1.82, 2.24) is 9.78 Å². The summed E-state index contributed by atoms with van der Waals surface area (Å²) in [5, 5.41) is 13.8. The van der Waals surface area contributed by atoms with Crippen molar-refractivity contribution in [1.29, 1.82) is 5.26 Å². The maximum absolute atomic E-state index is 11.7. The van der Waals surface area contributed by atoms with Gasteiger partial charge in [-0.3, -0.25) is 14.4 Å². The summed E-state index contributed by atoms with van der Waals surface area (Å²) in [6.07, 6.45) is 2.75. The normalized spacial score (nSPS) is 11.8. The van der Waals surface area contributed by atoms with E-state index in [0.29, 0.717) is 11.4 Å². The van der Waals surface area contributed by atoms with Gasteiger partial charge in [-0.25, -0.2) is 0 Å². The molecule has 1 atom stereocenters. The lowest BCUT2D eigenvalue weighted by atomic mass is 9.87. The highest BCUT2D eigenvalue weighted by atomic mass is 16.2. The number of benzene rings is 1. The van der Waals surface area contributed by atoms with Crippen LogP contribution < -0.4 is 4.90 Å². The summed E-state index contributed by atoms with van der Waals surface area (Å²) in [4.78, 5) is 13.2. The van der Waals surface area contributed by atoms with Crippen LogP contribution in [0.5, 0.6) is 0 Å². The van der Waals surface area contributed by atoms with Crippen molar-refractivity contribution in [3.05, 3.63) is 47.2 Å². The van der Waals surface area contributed by atoms with Crippen molar-refractivity contribution in [2.45, 2.75) is 26.2 Å². The quantitative estimate of drug-likeness (QED) is 0.871. The highest BCUT2D eigenvalue weighted by Crippen LogP contribution is 2.35. The average molecular weight is 296 g/mol. The Bertz CT molecular complexity index is 727. The molecular formula is C17H20N4O. The number of hydrogen-bond acceptors (Lipinski definition) is 3. The maximum atomic E-state index is 11.7. The molecule has 2 rings (SSSR count). The lowest BCUT2D eigenvalue weighted by Crippen LogP contribution is -2.25. The summed E-state index contributed by atoms with van der Waals surface area (Å²) >= 11 is 0. The van der Waals surface area contributed by atoms with E-state index < -0.39 is 0 Å². The van der Waals surface area contributed by atoms with Crippen LogP contribution in [0.2, 0.25) is 0 Å². The van der Waals surface area contributed by atoms with Gasteiger partial charge in [-0.15, -0.1) is 0 Å². The van der Waals surface area contributed by atoms with E-state index in [9.17, 15) is 10.1 Å². The first-order valence-electron chi connectivity index (χ1n) is 7.26. The van der Waals surface area contributed by atoms with Crippen molar-refractivity contribution >= 4 is 11.7 Å². The van der Waals surface area contributed by atoms with Gasteiger partial charge in [-0.1, -0.05) is 25.1 Å². The molecule has 0 aliphatic carbocycles. The van der Waals surface area contributed by atoms with Crippen LogP contribution in [-0.4, -0.2) is 22.7 Å². The second-order valence-electron chi connectivity index (χ2n) is 5.32. The van der Waals surface area contributed by atoms with Crippen LogP contribution >= 0.6 is 0 Å². The minimum Gasteiger partial charge on any atom is -0.298 e. The lowest BCUT2D eigenvalue weighted by molar-refractivity contribution is -0.116. The van der Waals surface area contributed by atoms with E-state index in [1.54, 1.807) is 16.6 Å². The third-order valence-electron chi connectivity index (χ3n) is 3.87. The van der Waals surface area contributed by atoms with E-state index in [1.165, 1.54) is 6.92 Å². The fourth-order valence-corrected chi connectivity index (χ4v) is 2.66. The number of rotatable bonds is 4. The fraction of sp³-hybridized carbons (Fsp3) is 0.353. The fourth-order valence-electron chi connectivity index (χ4n) is 2.66. The number of carbonyl (C=O) groups is 1. The molecule has 0 spiro atoms. The van der Waals surface area contributed by atoms with Crippen LogP contribution in [0.3, 0.4) is 0 Å². The molecule has 1 amide bonds. The van der Waals surface area contributed by atoms with Gasteiger partial charge >= 0.3 is 0 Å². The van der Waals surface area contributed by atoms with Gasteiger partial charge in [0.15, 0.2) is 5.82 Å². The standard InChI is InChI=1S/C17H20N4O/c1-5-14(15-9-7-6-8-13(15)10-18)16-11-20(3)19-17(16)21(4)12(2)22/h6-9,11,14H,5H2,1-4H3/t14-/m0/s1. The van der Waals surface area contributed by atoms with Crippen molar-refractivity contribution in [2.75, 3.05) is 11.9 Å². The molecule has 0 aliphatic rings. The molecule has 0 bridgehead atoms.